The Morgan fingerprint density at radius 2 is 1.42 bits per heavy atom. The molecule has 0 saturated heterocycles. The first kappa shape index (κ1) is 24.5. The van der Waals surface area contributed by atoms with Crippen molar-refractivity contribution in [3.05, 3.63) is 126 Å². The van der Waals surface area contributed by atoms with Gasteiger partial charge < -0.3 is 19.9 Å². The molecule has 1 heterocycles. The van der Waals surface area contributed by atoms with E-state index < -0.39 is 5.97 Å². The van der Waals surface area contributed by atoms with Crippen molar-refractivity contribution in [2.75, 3.05) is 5.32 Å². The Kier molecular flexibility index (Phi) is 7.27. The molecule has 4 aromatic carbocycles. The van der Waals surface area contributed by atoms with E-state index in [4.69, 9.17) is 9.47 Å². The number of aromatic nitrogens is 1. The van der Waals surface area contributed by atoms with Gasteiger partial charge in [0.25, 0.3) is 0 Å². The highest BCUT2D eigenvalue weighted by atomic mass is 16.5. The highest BCUT2D eigenvalue weighted by Crippen LogP contribution is 2.29. The number of carboxylic acid groups (broad SMARTS) is 1. The van der Waals surface area contributed by atoms with Crippen LogP contribution < -0.4 is 14.8 Å². The van der Waals surface area contributed by atoms with Crippen LogP contribution in [0.25, 0.3) is 10.8 Å². The summed E-state index contributed by atoms with van der Waals surface area (Å²) in [6.45, 7) is 0.459. The summed E-state index contributed by atoms with van der Waals surface area (Å²) in [7, 11) is 0. The number of fused-ring (bicyclic) bond motifs is 1. The van der Waals surface area contributed by atoms with Crippen LogP contribution in [0.3, 0.4) is 0 Å². The first-order chi connectivity index (χ1) is 18.5. The van der Waals surface area contributed by atoms with E-state index in [0.29, 0.717) is 18.1 Å². The number of ether oxygens (including phenoxy) is 2. The molecular formula is C31H24N2O5. The second-order valence-corrected chi connectivity index (χ2v) is 8.64. The number of hydrogen-bond acceptors (Lipinski definition) is 5. The minimum atomic E-state index is -1.09. The molecule has 2 N–H and O–H groups in total. The molecular weight excluding hydrogens is 480 g/mol. The van der Waals surface area contributed by atoms with Crippen LogP contribution in [-0.2, 0) is 17.8 Å². The number of carboxylic acids is 1. The SMILES string of the molecule is O=C(Cc1ccc(Oc2ccc3ccc(OCc4ccncc4)cc3c2)cc1)Nc1ccccc1C(=O)O. The third kappa shape index (κ3) is 6.14. The van der Waals surface area contributed by atoms with E-state index in [9.17, 15) is 14.7 Å². The number of nitrogens with zero attached hydrogens (tertiary/aromatic N) is 1. The Balaban J connectivity index is 1.21. The monoisotopic (exact) mass is 504 g/mol. The smallest absolute Gasteiger partial charge is 0.337 e. The Hall–Kier alpha value is -5.17. The van der Waals surface area contributed by atoms with Crippen molar-refractivity contribution >= 4 is 28.3 Å². The first-order valence-electron chi connectivity index (χ1n) is 12.0. The van der Waals surface area contributed by atoms with Gasteiger partial charge >= 0.3 is 5.97 Å². The number of pyridine rings is 1. The van der Waals surface area contributed by atoms with E-state index in [1.807, 2.05) is 60.7 Å². The topological polar surface area (TPSA) is 97.8 Å². The van der Waals surface area contributed by atoms with Crippen molar-refractivity contribution in [2.24, 2.45) is 0 Å². The molecule has 7 nitrogen and oxygen atoms in total. The van der Waals surface area contributed by atoms with Gasteiger partial charge in [-0.15, -0.1) is 0 Å². The van der Waals surface area contributed by atoms with Crippen LogP contribution in [0.2, 0.25) is 0 Å². The van der Waals surface area contributed by atoms with Crippen LogP contribution in [0.15, 0.2) is 109 Å². The Morgan fingerprint density at radius 1 is 0.737 bits per heavy atom. The molecule has 0 atom stereocenters. The molecule has 0 saturated carbocycles. The highest BCUT2D eigenvalue weighted by molar-refractivity contribution is 6.01. The summed E-state index contributed by atoms with van der Waals surface area (Å²) in [4.78, 5) is 27.8. The molecule has 0 aliphatic rings. The number of anilines is 1. The van der Waals surface area contributed by atoms with E-state index in [2.05, 4.69) is 10.3 Å². The predicted octanol–water partition coefficient (Wildman–Crippen LogP) is 6.49. The van der Waals surface area contributed by atoms with E-state index in [1.165, 1.54) is 6.07 Å². The molecule has 188 valence electrons. The van der Waals surface area contributed by atoms with Gasteiger partial charge in [0.15, 0.2) is 0 Å². The number of carbonyl (C=O) groups is 2. The molecule has 5 rings (SSSR count). The van der Waals surface area contributed by atoms with Crippen LogP contribution in [0.1, 0.15) is 21.5 Å². The van der Waals surface area contributed by atoms with E-state index in [0.717, 1.165) is 27.6 Å². The summed E-state index contributed by atoms with van der Waals surface area (Å²) in [6.07, 6.45) is 3.59. The van der Waals surface area contributed by atoms with Crippen LogP contribution in [0, 0.1) is 0 Å². The molecule has 0 aliphatic carbocycles. The summed E-state index contributed by atoms with van der Waals surface area (Å²) < 4.78 is 12.0. The van der Waals surface area contributed by atoms with Crippen molar-refractivity contribution < 1.29 is 24.2 Å². The zero-order chi connectivity index (χ0) is 26.3. The second-order valence-electron chi connectivity index (χ2n) is 8.64. The summed E-state index contributed by atoms with van der Waals surface area (Å²) in [6, 6.07) is 29.1. The van der Waals surface area contributed by atoms with Crippen LogP contribution in [0.4, 0.5) is 5.69 Å². The molecule has 0 unspecified atom stereocenters. The lowest BCUT2D eigenvalue weighted by atomic mass is 10.1. The second kappa shape index (κ2) is 11.3. The number of nitrogens with one attached hydrogen (secondary N) is 1. The Labute approximate surface area is 219 Å². The Bertz CT molecular complexity index is 1580. The summed E-state index contributed by atoms with van der Waals surface area (Å²) in [5, 5.41) is 14.0. The minimum absolute atomic E-state index is 0.0485. The number of para-hydroxylation sites is 1. The first-order valence-corrected chi connectivity index (χ1v) is 12.0. The highest BCUT2D eigenvalue weighted by Gasteiger charge is 2.12. The van der Waals surface area contributed by atoms with Gasteiger partial charge in [-0.25, -0.2) is 4.79 Å². The minimum Gasteiger partial charge on any atom is -0.489 e. The maximum absolute atomic E-state index is 12.5. The molecule has 1 aromatic heterocycles. The summed E-state index contributed by atoms with van der Waals surface area (Å²) in [5.74, 6) is 0.683. The zero-order valence-electron chi connectivity index (χ0n) is 20.3. The van der Waals surface area contributed by atoms with Gasteiger partial charge in [-0.3, -0.25) is 9.78 Å². The quantitative estimate of drug-likeness (QED) is 0.238. The number of benzene rings is 4. The van der Waals surface area contributed by atoms with Gasteiger partial charge in [-0.05, 0) is 82.6 Å². The van der Waals surface area contributed by atoms with Gasteiger partial charge in [0.1, 0.15) is 23.9 Å². The van der Waals surface area contributed by atoms with Crippen molar-refractivity contribution in [3.63, 3.8) is 0 Å². The van der Waals surface area contributed by atoms with Crippen molar-refractivity contribution in [1.29, 1.82) is 0 Å². The third-order valence-electron chi connectivity index (χ3n) is 5.89. The zero-order valence-corrected chi connectivity index (χ0v) is 20.3. The maximum Gasteiger partial charge on any atom is 0.337 e. The van der Waals surface area contributed by atoms with Crippen molar-refractivity contribution in [1.82, 2.24) is 4.98 Å². The molecule has 0 bridgehead atoms. The maximum atomic E-state index is 12.5. The average Bonchev–Trinajstić information content (AvgIpc) is 2.93. The molecule has 0 spiro atoms. The number of hydrogen-bond donors (Lipinski definition) is 2. The van der Waals surface area contributed by atoms with Crippen molar-refractivity contribution in [3.8, 4) is 17.2 Å². The predicted molar refractivity (Wildman–Crippen MR) is 145 cm³/mol. The summed E-state index contributed by atoms with van der Waals surface area (Å²) in [5.41, 5.74) is 2.14. The number of carbonyl (C=O) groups excluding carboxylic acids is 1. The fourth-order valence-electron chi connectivity index (χ4n) is 3.97. The lowest BCUT2D eigenvalue weighted by Crippen LogP contribution is -2.16. The van der Waals surface area contributed by atoms with E-state index in [1.54, 1.807) is 42.7 Å². The van der Waals surface area contributed by atoms with Crippen molar-refractivity contribution in [2.45, 2.75) is 13.0 Å². The largest absolute Gasteiger partial charge is 0.489 e. The standard InChI is InChI=1S/C31H24N2O5/c34-30(33-29-4-2-1-3-28(29)31(35)36)17-21-5-9-25(10-6-21)38-27-12-8-23-7-11-26(18-24(23)19-27)37-20-22-13-15-32-16-14-22/h1-16,18-19H,17,20H2,(H,33,34)(H,35,36). The van der Waals surface area contributed by atoms with E-state index >= 15 is 0 Å². The van der Waals surface area contributed by atoms with Gasteiger partial charge in [-0.2, -0.15) is 0 Å². The van der Waals surface area contributed by atoms with Gasteiger partial charge in [0, 0.05) is 12.4 Å². The normalized spacial score (nSPS) is 10.6. The van der Waals surface area contributed by atoms with Gasteiger partial charge in [-0.1, -0.05) is 36.4 Å². The van der Waals surface area contributed by atoms with Gasteiger partial charge in [0.2, 0.25) is 5.91 Å². The molecule has 0 radical (unpaired) electrons. The lowest BCUT2D eigenvalue weighted by Gasteiger charge is -2.10. The average molecular weight is 505 g/mol. The molecule has 5 aromatic rings. The number of rotatable bonds is 9. The summed E-state index contributed by atoms with van der Waals surface area (Å²) >= 11 is 0. The van der Waals surface area contributed by atoms with Gasteiger partial charge in [0.05, 0.1) is 17.7 Å². The third-order valence-corrected chi connectivity index (χ3v) is 5.89. The molecule has 0 aliphatic heterocycles. The molecule has 7 heteroatoms. The number of aromatic carboxylic acids is 1. The lowest BCUT2D eigenvalue weighted by molar-refractivity contribution is -0.115. The number of amides is 1. The Morgan fingerprint density at radius 3 is 2.18 bits per heavy atom. The molecule has 1 amide bonds. The van der Waals surface area contributed by atoms with Crippen LogP contribution in [-0.4, -0.2) is 22.0 Å². The van der Waals surface area contributed by atoms with Crippen LogP contribution >= 0.6 is 0 Å². The van der Waals surface area contributed by atoms with Crippen LogP contribution in [0.5, 0.6) is 17.2 Å². The fraction of sp³-hybridized carbons (Fsp3) is 0.0645. The fourth-order valence-corrected chi connectivity index (χ4v) is 3.97. The molecule has 38 heavy (non-hydrogen) atoms. The molecule has 0 fully saturated rings. The van der Waals surface area contributed by atoms with E-state index in [-0.39, 0.29) is 23.6 Å².